The zero-order valence-corrected chi connectivity index (χ0v) is 17.5. The lowest BCUT2D eigenvalue weighted by atomic mass is 10.0. The monoisotopic (exact) mass is 417 g/mol. The summed E-state index contributed by atoms with van der Waals surface area (Å²) >= 11 is 0. The van der Waals surface area contributed by atoms with Gasteiger partial charge < -0.3 is 5.32 Å². The topological polar surface area (TPSA) is 82.6 Å². The van der Waals surface area contributed by atoms with Gasteiger partial charge in [-0.05, 0) is 30.7 Å². The van der Waals surface area contributed by atoms with E-state index in [2.05, 4.69) is 20.4 Å². The minimum absolute atomic E-state index is 0.174. The Morgan fingerprint density at radius 3 is 2.58 bits per heavy atom. The van der Waals surface area contributed by atoms with E-state index in [1.165, 1.54) is 6.20 Å². The number of benzene rings is 1. The third kappa shape index (κ3) is 2.81. The van der Waals surface area contributed by atoms with Gasteiger partial charge in [-0.2, -0.15) is 9.49 Å². The molecule has 0 bridgehead atoms. The first-order valence-corrected chi connectivity index (χ1v) is 9.73. The van der Waals surface area contributed by atoms with E-state index in [0.717, 1.165) is 38.9 Å². The van der Waals surface area contributed by atoms with Crippen molar-refractivity contribution in [1.82, 2.24) is 28.9 Å². The molecular weight excluding hydrogens is 397 g/mol. The summed E-state index contributed by atoms with van der Waals surface area (Å²) in [4.78, 5) is 21.6. The molecule has 8 nitrogen and oxygen atoms in total. The van der Waals surface area contributed by atoms with Crippen molar-refractivity contribution in [3.8, 4) is 16.8 Å². The molecule has 0 unspecified atom stereocenters. The van der Waals surface area contributed by atoms with Crippen LogP contribution in [0.5, 0.6) is 0 Å². The highest BCUT2D eigenvalue weighted by atomic mass is 19.1. The predicted molar refractivity (Wildman–Crippen MR) is 118 cm³/mol. The zero-order valence-electron chi connectivity index (χ0n) is 17.5. The molecule has 5 aromatic rings. The third-order valence-electron chi connectivity index (χ3n) is 5.55. The van der Waals surface area contributed by atoms with Gasteiger partial charge in [0.05, 0.1) is 39.8 Å². The summed E-state index contributed by atoms with van der Waals surface area (Å²) in [5.74, 6) is -0.556. The van der Waals surface area contributed by atoms with Gasteiger partial charge in [0, 0.05) is 44.5 Å². The number of anilines is 1. The van der Waals surface area contributed by atoms with Gasteiger partial charge in [0.15, 0.2) is 0 Å². The number of pyridine rings is 2. The number of hydrogen-bond acceptors (Lipinski definition) is 5. The van der Waals surface area contributed by atoms with Crippen LogP contribution in [0.1, 0.15) is 5.69 Å². The standard InChI is InChI=1S/C22H20FN7O/c1-12-19(11-28(3)27-12)30-20-15-7-13(14-8-17(24-2)21(23)26-9-14)5-6-16(15)25-10-18(20)29(4)22(30)31/h5-11,24H,1-4H3. The second-order valence-corrected chi connectivity index (χ2v) is 7.49. The van der Waals surface area contributed by atoms with Crippen LogP contribution in [0.2, 0.25) is 0 Å². The number of hydrogen-bond donors (Lipinski definition) is 1. The number of nitrogens with zero attached hydrogens (tertiary/aromatic N) is 6. The molecule has 0 aliphatic heterocycles. The molecule has 1 N–H and O–H groups in total. The van der Waals surface area contributed by atoms with Crippen LogP contribution >= 0.6 is 0 Å². The Hall–Kier alpha value is -4.01. The largest absolute Gasteiger partial charge is 0.384 e. The van der Waals surface area contributed by atoms with Crippen molar-refractivity contribution < 1.29 is 4.39 Å². The number of fused-ring (bicyclic) bond motifs is 3. The summed E-state index contributed by atoms with van der Waals surface area (Å²) < 4.78 is 18.8. The van der Waals surface area contributed by atoms with E-state index in [1.54, 1.807) is 40.2 Å². The highest BCUT2D eigenvalue weighted by molar-refractivity contribution is 6.04. The van der Waals surface area contributed by atoms with Crippen LogP contribution in [-0.4, -0.2) is 35.9 Å². The fraction of sp³-hybridized carbons (Fsp3) is 0.182. The van der Waals surface area contributed by atoms with Crippen molar-refractivity contribution in [2.24, 2.45) is 14.1 Å². The van der Waals surface area contributed by atoms with Crippen molar-refractivity contribution in [2.45, 2.75) is 6.92 Å². The first-order valence-electron chi connectivity index (χ1n) is 9.73. The fourth-order valence-electron chi connectivity index (χ4n) is 3.99. The van der Waals surface area contributed by atoms with Crippen molar-refractivity contribution in [1.29, 1.82) is 0 Å². The number of rotatable bonds is 3. The average Bonchev–Trinajstić information content (AvgIpc) is 3.23. The van der Waals surface area contributed by atoms with E-state index in [9.17, 15) is 9.18 Å². The van der Waals surface area contributed by atoms with Gasteiger partial charge in [-0.1, -0.05) is 6.07 Å². The predicted octanol–water partition coefficient (Wildman–Crippen LogP) is 3.16. The molecule has 31 heavy (non-hydrogen) atoms. The Labute approximate surface area is 176 Å². The first-order chi connectivity index (χ1) is 14.9. The molecule has 4 heterocycles. The second-order valence-electron chi connectivity index (χ2n) is 7.49. The number of aryl methyl sites for hydroxylation is 3. The van der Waals surface area contributed by atoms with Crippen LogP contribution in [0.4, 0.5) is 10.1 Å². The molecule has 0 atom stereocenters. The molecule has 0 saturated carbocycles. The van der Waals surface area contributed by atoms with E-state index in [0.29, 0.717) is 11.2 Å². The maximum atomic E-state index is 13.8. The highest BCUT2D eigenvalue weighted by Crippen LogP contribution is 2.31. The maximum absolute atomic E-state index is 13.8. The molecule has 0 aliphatic carbocycles. The van der Waals surface area contributed by atoms with Gasteiger partial charge >= 0.3 is 5.69 Å². The Morgan fingerprint density at radius 1 is 1.06 bits per heavy atom. The van der Waals surface area contributed by atoms with E-state index in [4.69, 9.17) is 0 Å². The zero-order chi connectivity index (χ0) is 21.9. The van der Waals surface area contributed by atoms with Crippen LogP contribution in [0, 0.1) is 12.9 Å². The number of imidazole rings is 1. The third-order valence-corrected chi connectivity index (χ3v) is 5.55. The summed E-state index contributed by atoms with van der Waals surface area (Å²) in [6.07, 6.45) is 5.03. The lowest BCUT2D eigenvalue weighted by molar-refractivity contribution is 0.588. The number of nitrogens with one attached hydrogen (secondary N) is 1. The van der Waals surface area contributed by atoms with E-state index < -0.39 is 5.95 Å². The van der Waals surface area contributed by atoms with Gasteiger partial charge in [-0.15, -0.1) is 0 Å². The SMILES string of the molecule is CNc1cc(-c2ccc3ncc4c(c3c2)n(-c2cn(C)nc2C)c(=O)n4C)cnc1F. The molecule has 0 fully saturated rings. The Kier molecular flexibility index (Phi) is 4.14. The summed E-state index contributed by atoms with van der Waals surface area (Å²) in [5.41, 5.74) is 5.43. The molecule has 0 spiro atoms. The van der Waals surface area contributed by atoms with Crippen molar-refractivity contribution in [3.05, 3.63) is 65.0 Å². The number of aromatic nitrogens is 6. The van der Waals surface area contributed by atoms with Crippen LogP contribution in [0.25, 0.3) is 38.8 Å². The lowest BCUT2D eigenvalue weighted by Crippen LogP contribution is -2.21. The normalized spacial score (nSPS) is 11.5. The molecule has 156 valence electrons. The smallest absolute Gasteiger partial charge is 0.333 e. The van der Waals surface area contributed by atoms with Gasteiger partial charge in [-0.3, -0.25) is 18.8 Å². The van der Waals surface area contributed by atoms with Gasteiger partial charge in [0.2, 0.25) is 5.95 Å². The summed E-state index contributed by atoms with van der Waals surface area (Å²) in [7, 11) is 5.20. The highest BCUT2D eigenvalue weighted by Gasteiger charge is 2.19. The first kappa shape index (κ1) is 19.0. The minimum Gasteiger partial charge on any atom is -0.384 e. The Bertz CT molecular complexity index is 1540. The van der Waals surface area contributed by atoms with E-state index >= 15 is 0 Å². The Morgan fingerprint density at radius 2 is 1.87 bits per heavy atom. The van der Waals surface area contributed by atoms with Crippen LogP contribution in [-0.2, 0) is 14.1 Å². The summed E-state index contributed by atoms with van der Waals surface area (Å²) in [6.45, 7) is 1.87. The molecular formula is C22H20FN7O. The molecule has 5 rings (SSSR count). The molecule has 0 amide bonds. The number of halogens is 1. The van der Waals surface area contributed by atoms with Crippen LogP contribution in [0.15, 0.2) is 47.7 Å². The minimum atomic E-state index is -0.556. The maximum Gasteiger partial charge on any atom is 0.333 e. The second kappa shape index (κ2) is 6.76. The lowest BCUT2D eigenvalue weighted by Gasteiger charge is -2.09. The average molecular weight is 417 g/mol. The van der Waals surface area contributed by atoms with Crippen molar-refractivity contribution in [3.63, 3.8) is 0 Å². The molecule has 1 aromatic carbocycles. The summed E-state index contributed by atoms with van der Waals surface area (Å²) in [6, 6.07) is 7.47. The van der Waals surface area contributed by atoms with Gasteiger partial charge in [0.1, 0.15) is 0 Å². The van der Waals surface area contributed by atoms with E-state index in [-0.39, 0.29) is 5.69 Å². The molecule has 4 aromatic heterocycles. The quantitative estimate of drug-likeness (QED) is 0.456. The van der Waals surface area contributed by atoms with Crippen molar-refractivity contribution >= 4 is 27.6 Å². The Balaban J connectivity index is 1.86. The summed E-state index contributed by atoms with van der Waals surface area (Å²) in [5, 5.41) is 8.02. The van der Waals surface area contributed by atoms with Crippen LogP contribution < -0.4 is 11.0 Å². The fourth-order valence-corrected chi connectivity index (χ4v) is 3.99. The molecule has 0 radical (unpaired) electrons. The van der Waals surface area contributed by atoms with Gasteiger partial charge in [-0.25, -0.2) is 9.78 Å². The van der Waals surface area contributed by atoms with Crippen LogP contribution in [0.3, 0.4) is 0 Å². The van der Waals surface area contributed by atoms with E-state index in [1.807, 2.05) is 38.4 Å². The van der Waals surface area contributed by atoms with Gasteiger partial charge in [0.25, 0.3) is 0 Å². The molecule has 9 heteroatoms. The van der Waals surface area contributed by atoms with Crippen molar-refractivity contribution in [2.75, 3.05) is 12.4 Å². The molecule has 0 aliphatic rings. The molecule has 0 saturated heterocycles.